The highest BCUT2D eigenvalue weighted by molar-refractivity contribution is 6.12. The normalized spacial score (nSPS) is 11.2. The number of hydrogen-bond acceptors (Lipinski definition) is 13. The van der Waals surface area contributed by atoms with Crippen LogP contribution in [-0.4, -0.2) is 82.6 Å². The number of benzene rings is 8. The monoisotopic (exact) mass is 1200 g/mol. The van der Waals surface area contributed by atoms with E-state index in [4.69, 9.17) is 33.9 Å². The zero-order valence-electron chi connectivity index (χ0n) is 51.6. The molecule has 15 heteroatoms. The number of nitrogens with one attached hydrogen (secondary N) is 2. The Labute approximate surface area is 523 Å². The number of amides is 2. The van der Waals surface area contributed by atoms with Gasteiger partial charge in [-0.1, -0.05) is 186 Å². The SMILES string of the molecule is C=C(C)C(=O)OCCOC(=O)c1ccc(-c2ccc(C(=O)NC(C)(C)C)c(C(=O)OCCOC(=O)C(=C)C)c2)cc1C(=O)Nc1ccc(-c2ccc(-c3nc(-c4ccc(-c5ccccc5)cc4)nc(-c4ccc(-c5ccc(C(C)(C)C)cc5)cc4)n3)cc2)cc1. The van der Waals surface area contributed by atoms with Crippen molar-refractivity contribution in [3.8, 4) is 78.7 Å². The van der Waals surface area contributed by atoms with Gasteiger partial charge in [0.15, 0.2) is 17.5 Å². The highest BCUT2D eigenvalue weighted by Gasteiger charge is 2.26. The fourth-order valence-electron chi connectivity index (χ4n) is 9.46. The molecule has 0 saturated carbocycles. The summed E-state index contributed by atoms with van der Waals surface area (Å²) in [5.41, 5.74) is 10.4. The minimum atomic E-state index is -0.879. The van der Waals surface area contributed by atoms with Crippen molar-refractivity contribution in [2.24, 2.45) is 0 Å². The van der Waals surface area contributed by atoms with Gasteiger partial charge < -0.3 is 29.6 Å². The second-order valence-electron chi connectivity index (χ2n) is 23.6. The Hall–Kier alpha value is -10.9. The van der Waals surface area contributed by atoms with Crippen molar-refractivity contribution in [3.63, 3.8) is 0 Å². The predicted molar refractivity (Wildman–Crippen MR) is 350 cm³/mol. The lowest BCUT2D eigenvalue weighted by atomic mass is 9.86. The molecule has 1 heterocycles. The van der Waals surface area contributed by atoms with Gasteiger partial charge in [-0.05, 0) is 127 Å². The molecule has 15 nitrogen and oxygen atoms in total. The molecule has 0 unspecified atom stereocenters. The van der Waals surface area contributed by atoms with Gasteiger partial charge in [0.1, 0.15) is 26.4 Å². The molecule has 0 bridgehead atoms. The summed E-state index contributed by atoms with van der Waals surface area (Å²) in [6, 6.07) is 59.2. The van der Waals surface area contributed by atoms with Crippen LogP contribution in [0.2, 0.25) is 0 Å². The minimum absolute atomic E-state index is 0.00569. The lowest BCUT2D eigenvalue weighted by Gasteiger charge is -2.21. The van der Waals surface area contributed by atoms with Crippen LogP contribution in [0.25, 0.3) is 78.7 Å². The lowest BCUT2D eigenvalue weighted by molar-refractivity contribution is -0.140. The molecule has 0 fully saturated rings. The molecule has 0 atom stereocenters. The van der Waals surface area contributed by atoms with E-state index in [1.54, 1.807) is 45.0 Å². The summed E-state index contributed by atoms with van der Waals surface area (Å²) in [6.45, 7) is 20.9. The van der Waals surface area contributed by atoms with Gasteiger partial charge in [0.05, 0.1) is 22.3 Å². The van der Waals surface area contributed by atoms with E-state index in [2.05, 4.69) is 105 Å². The first kappa shape index (κ1) is 63.6. The van der Waals surface area contributed by atoms with E-state index in [1.807, 2.05) is 78.9 Å². The van der Waals surface area contributed by atoms with Crippen LogP contribution in [0.3, 0.4) is 0 Å². The molecule has 8 aromatic carbocycles. The number of ether oxygens (including phenoxy) is 4. The Kier molecular flexibility index (Phi) is 19.7. The number of nitrogens with zero attached hydrogens (tertiary/aromatic N) is 3. The maximum Gasteiger partial charge on any atom is 0.339 e. The van der Waals surface area contributed by atoms with Gasteiger partial charge in [-0.3, -0.25) is 9.59 Å². The van der Waals surface area contributed by atoms with E-state index < -0.39 is 41.2 Å². The van der Waals surface area contributed by atoms with Crippen molar-refractivity contribution in [2.75, 3.05) is 31.7 Å². The van der Waals surface area contributed by atoms with Gasteiger partial charge in [0.2, 0.25) is 0 Å². The van der Waals surface area contributed by atoms with E-state index in [-0.39, 0.29) is 65.2 Å². The molecule has 90 heavy (non-hydrogen) atoms. The first-order valence-corrected chi connectivity index (χ1v) is 29.2. The largest absolute Gasteiger partial charge is 0.459 e. The molecule has 454 valence electrons. The molecule has 0 aliphatic carbocycles. The molecule has 1 aromatic heterocycles. The van der Waals surface area contributed by atoms with Crippen molar-refractivity contribution >= 4 is 41.4 Å². The molecule has 0 aliphatic rings. The molecule has 0 saturated heterocycles. The first-order chi connectivity index (χ1) is 43.0. The van der Waals surface area contributed by atoms with Gasteiger partial charge in [-0.15, -0.1) is 0 Å². The zero-order chi connectivity index (χ0) is 64.3. The number of hydrogen-bond donors (Lipinski definition) is 2. The molecule has 2 N–H and O–H groups in total. The molecule has 2 amide bonds. The summed E-state index contributed by atoms with van der Waals surface area (Å²) in [5.74, 6) is -2.75. The lowest BCUT2D eigenvalue weighted by Crippen LogP contribution is -2.41. The Bertz CT molecular complexity index is 4170. The summed E-state index contributed by atoms with van der Waals surface area (Å²) in [4.78, 5) is 94.5. The standard InChI is InChI=1S/C75H69N5O10/c1-46(2)70(83)87-40-42-89-72(85)62-39-33-57(58-32-38-61(69(82)80-75(8,9)10)64(45-58)73(86)90-43-41-88-71(84)47(3)4)44-63(62)68(81)76-60-36-30-53(31-37-60)51-20-26-56(27-21-51)67-78-65(54-22-16-49(17-23-54)48-14-12-11-13-15-48)77-66(79-67)55-24-18-50(19-25-55)52-28-34-59(35-29-52)74(5,6)7/h11-39,44-45H,1,3,40-43H2,2,4-10H3,(H,76,81)(H,80,82). The van der Waals surface area contributed by atoms with Crippen LogP contribution in [0.1, 0.15) is 102 Å². The number of rotatable bonds is 20. The van der Waals surface area contributed by atoms with Crippen LogP contribution in [0.15, 0.2) is 212 Å². The van der Waals surface area contributed by atoms with Crippen LogP contribution in [0, 0.1) is 0 Å². The first-order valence-electron chi connectivity index (χ1n) is 29.2. The van der Waals surface area contributed by atoms with Crippen LogP contribution in [0.4, 0.5) is 5.69 Å². The Morgan fingerprint density at radius 1 is 0.378 bits per heavy atom. The Morgan fingerprint density at radius 3 is 1.13 bits per heavy atom. The summed E-state index contributed by atoms with van der Waals surface area (Å²) >= 11 is 0. The fourth-order valence-corrected chi connectivity index (χ4v) is 9.46. The van der Waals surface area contributed by atoms with Crippen molar-refractivity contribution in [3.05, 3.63) is 240 Å². The van der Waals surface area contributed by atoms with Crippen LogP contribution in [0.5, 0.6) is 0 Å². The molecule has 9 rings (SSSR count). The summed E-state index contributed by atoms with van der Waals surface area (Å²) in [5, 5.41) is 5.77. The predicted octanol–water partition coefficient (Wildman–Crippen LogP) is 15.2. The van der Waals surface area contributed by atoms with Crippen molar-refractivity contribution < 1.29 is 47.7 Å². The number of carbonyl (C=O) groups excluding carboxylic acids is 6. The topological polar surface area (TPSA) is 202 Å². The van der Waals surface area contributed by atoms with Gasteiger partial charge in [0, 0.05) is 39.1 Å². The van der Waals surface area contributed by atoms with Gasteiger partial charge in [-0.25, -0.2) is 34.1 Å². The average Bonchev–Trinajstić information content (AvgIpc) is 0.837. The third kappa shape index (κ3) is 16.2. The highest BCUT2D eigenvalue weighted by atomic mass is 16.6. The average molecular weight is 1200 g/mol. The summed E-state index contributed by atoms with van der Waals surface area (Å²) in [7, 11) is 0. The highest BCUT2D eigenvalue weighted by Crippen LogP contribution is 2.33. The van der Waals surface area contributed by atoms with E-state index in [1.165, 1.54) is 43.7 Å². The van der Waals surface area contributed by atoms with Crippen molar-refractivity contribution in [1.82, 2.24) is 20.3 Å². The zero-order valence-corrected chi connectivity index (χ0v) is 51.6. The minimum Gasteiger partial charge on any atom is -0.459 e. The maximum absolute atomic E-state index is 14.5. The number of aromatic nitrogens is 3. The van der Waals surface area contributed by atoms with E-state index in [0.29, 0.717) is 34.3 Å². The molecular formula is C75H69N5O10. The number of anilines is 1. The Balaban J connectivity index is 0.978. The molecule has 9 aromatic rings. The Morgan fingerprint density at radius 2 is 0.722 bits per heavy atom. The van der Waals surface area contributed by atoms with E-state index >= 15 is 0 Å². The summed E-state index contributed by atoms with van der Waals surface area (Å²) < 4.78 is 21.1. The number of esters is 4. The smallest absolute Gasteiger partial charge is 0.339 e. The van der Waals surface area contributed by atoms with Crippen LogP contribution >= 0.6 is 0 Å². The van der Waals surface area contributed by atoms with Gasteiger partial charge in [-0.2, -0.15) is 0 Å². The summed E-state index contributed by atoms with van der Waals surface area (Å²) in [6.07, 6.45) is 0. The molecule has 0 aliphatic heterocycles. The van der Waals surface area contributed by atoms with E-state index in [0.717, 1.165) is 50.1 Å². The van der Waals surface area contributed by atoms with Gasteiger partial charge >= 0.3 is 23.9 Å². The van der Waals surface area contributed by atoms with Crippen LogP contribution < -0.4 is 10.6 Å². The molecule has 0 radical (unpaired) electrons. The fraction of sp³-hybridized carbons (Fsp3) is 0.187. The maximum atomic E-state index is 14.5. The van der Waals surface area contributed by atoms with Crippen molar-refractivity contribution in [1.29, 1.82) is 0 Å². The molecular weight excluding hydrogens is 1130 g/mol. The van der Waals surface area contributed by atoms with Crippen molar-refractivity contribution in [2.45, 2.75) is 66.3 Å². The second kappa shape index (κ2) is 27.8. The van der Waals surface area contributed by atoms with Gasteiger partial charge in [0.25, 0.3) is 11.8 Å². The molecule has 0 spiro atoms. The second-order valence-corrected chi connectivity index (χ2v) is 23.6. The third-order valence-corrected chi connectivity index (χ3v) is 14.3. The third-order valence-electron chi connectivity index (χ3n) is 14.3. The number of carbonyl (C=O) groups is 6. The van der Waals surface area contributed by atoms with Crippen LogP contribution in [-0.2, 0) is 34.0 Å². The quantitative estimate of drug-likeness (QED) is 0.0316. The van der Waals surface area contributed by atoms with E-state index in [9.17, 15) is 28.8 Å².